The monoisotopic (exact) mass is 541 g/mol. The number of carbonyl (C=O) groups is 2. The summed E-state index contributed by atoms with van der Waals surface area (Å²) in [5, 5.41) is 3.75. The van der Waals surface area contributed by atoms with Gasteiger partial charge in [0.05, 0.1) is 11.9 Å². The van der Waals surface area contributed by atoms with Crippen LogP contribution < -0.4 is 9.62 Å². The van der Waals surface area contributed by atoms with Crippen molar-refractivity contribution in [1.29, 1.82) is 0 Å². The lowest BCUT2D eigenvalue weighted by Crippen LogP contribution is -2.55. The third-order valence-electron chi connectivity index (χ3n) is 5.31. The van der Waals surface area contributed by atoms with Gasteiger partial charge in [-0.25, -0.2) is 8.42 Å². The summed E-state index contributed by atoms with van der Waals surface area (Å²) >= 11 is 12.6. The highest BCUT2D eigenvalue weighted by Crippen LogP contribution is 2.26. The maximum absolute atomic E-state index is 13.7. The van der Waals surface area contributed by atoms with E-state index in [4.69, 9.17) is 23.2 Å². The van der Waals surface area contributed by atoms with Crippen LogP contribution in [0.25, 0.3) is 0 Å². The van der Waals surface area contributed by atoms with Crippen LogP contribution in [0.15, 0.2) is 42.5 Å². The van der Waals surface area contributed by atoms with Gasteiger partial charge in [0, 0.05) is 22.1 Å². The van der Waals surface area contributed by atoms with Gasteiger partial charge in [0.15, 0.2) is 0 Å². The average molecular weight is 543 g/mol. The molecular formula is C25H33Cl2N3O4S. The Balaban J connectivity index is 2.49. The summed E-state index contributed by atoms with van der Waals surface area (Å²) in [5.74, 6) is -0.868. The number of amides is 2. The van der Waals surface area contributed by atoms with Crippen molar-refractivity contribution in [3.63, 3.8) is 0 Å². The Hall–Kier alpha value is -2.29. The van der Waals surface area contributed by atoms with Gasteiger partial charge in [-0.05, 0) is 63.4 Å². The van der Waals surface area contributed by atoms with Crippen LogP contribution in [0, 0.1) is 6.92 Å². The molecular weight excluding hydrogens is 509 g/mol. The van der Waals surface area contributed by atoms with Crippen molar-refractivity contribution in [2.45, 2.75) is 59.2 Å². The summed E-state index contributed by atoms with van der Waals surface area (Å²) in [5.41, 5.74) is 1.18. The Bertz CT molecular complexity index is 1180. The molecule has 1 N–H and O–H groups in total. The van der Waals surface area contributed by atoms with Crippen LogP contribution >= 0.6 is 23.2 Å². The lowest BCUT2D eigenvalue weighted by atomic mass is 10.1. The van der Waals surface area contributed by atoms with Gasteiger partial charge in [0.2, 0.25) is 21.8 Å². The molecule has 0 aromatic heterocycles. The fraction of sp³-hybridized carbons (Fsp3) is 0.440. The number of aryl methyl sites for hydroxylation is 1. The molecule has 10 heteroatoms. The molecule has 0 spiro atoms. The number of nitrogens with one attached hydrogen (secondary N) is 1. The number of benzene rings is 2. The second kappa shape index (κ2) is 11.6. The number of anilines is 1. The second-order valence-corrected chi connectivity index (χ2v) is 12.2. The molecule has 2 rings (SSSR count). The SMILES string of the molecule is CC[C@@H](C(=O)NC(C)(C)C)N(Cc1ccccc1Cl)C(=O)CN(c1ccc(C)c(Cl)c1)S(C)(=O)=O. The molecule has 7 nitrogen and oxygen atoms in total. The number of carbonyl (C=O) groups excluding carboxylic acids is 2. The molecule has 0 radical (unpaired) electrons. The Kier molecular flexibility index (Phi) is 9.62. The lowest BCUT2D eigenvalue weighted by molar-refractivity contribution is -0.141. The third kappa shape index (κ3) is 8.12. The lowest BCUT2D eigenvalue weighted by Gasteiger charge is -2.34. The number of halogens is 2. The van der Waals surface area contributed by atoms with E-state index in [-0.39, 0.29) is 18.1 Å². The first-order valence-corrected chi connectivity index (χ1v) is 13.8. The van der Waals surface area contributed by atoms with Crippen molar-refractivity contribution in [1.82, 2.24) is 10.2 Å². The zero-order valence-corrected chi connectivity index (χ0v) is 23.3. The molecule has 2 aromatic rings. The number of nitrogens with zero attached hydrogens (tertiary/aromatic N) is 2. The van der Waals surface area contributed by atoms with Crippen LogP contribution in [-0.4, -0.2) is 49.5 Å². The molecule has 0 aliphatic carbocycles. The Morgan fingerprint density at radius 2 is 1.69 bits per heavy atom. The van der Waals surface area contributed by atoms with E-state index >= 15 is 0 Å². The van der Waals surface area contributed by atoms with E-state index in [0.29, 0.717) is 22.0 Å². The minimum absolute atomic E-state index is 0.0425. The Morgan fingerprint density at radius 3 is 2.20 bits per heavy atom. The fourth-order valence-corrected chi connectivity index (χ4v) is 4.74. The maximum Gasteiger partial charge on any atom is 0.244 e. The van der Waals surface area contributed by atoms with Gasteiger partial charge in [-0.1, -0.05) is 54.4 Å². The van der Waals surface area contributed by atoms with E-state index in [1.165, 1.54) is 11.0 Å². The van der Waals surface area contributed by atoms with Crippen molar-refractivity contribution < 1.29 is 18.0 Å². The summed E-state index contributed by atoms with van der Waals surface area (Å²) in [6.07, 6.45) is 1.35. The van der Waals surface area contributed by atoms with E-state index in [1.807, 2.05) is 20.8 Å². The minimum Gasteiger partial charge on any atom is -0.350 e. The molecule has 35 heavy (non-hydrogen) atoms. The van der Waals surface area contributed by atoms with Gasteiger partial charge in [-0.3, -0.25) is 13.9 Å². The molecule has 1 atom stereocenters. The molecule has 0 unspecified atom stereocenters. The standard InChI is InChI=1S/C25H33Cl2N3O4S/c1-7-22(24(32)28-25(3,4)5)29(15-18-10-8-9-11-20(18)26)23(31)16-30(35(6,33)34)19-13-12-17(2)21(27)14-19/h8-14,22H,7,15-16H2,1-6H3,(H,28,32)/t22-/m0/s1. The molecule has 2 aromatic carbocycles. The number of rotatable bonds is 9. The highest BCUT2D eigenvalue weighted by Gasteiger charge is 2.33. The van der Waals surface area contributed by atoms with Gasteiger partial charge in [-0.15, -0.1) is 0 Å². The van der Waals surface area contributed by atoms with Crippen molar-refractivity contribution in [3.8, 4) is 0 Å². The average Bonchev–Trinajstić information content (AvgIpc) is 2.73. The van der Waals surface area contributed by atoms with E-state index in [9.17, 15) is 18.0 Å². The minimum atomic E-state index is -3.84. The smallest absolute Gasteiger partial charge is 0.244 e. The van der Waals surface area contributed by atoms with Crippen LogP contribution in [0.2, 0.25) is 10.0 Å². The van der Waals surface area contributed by atoms with Gasteiger partial charge < -0.3 is 10.2 Å². The summed E-state index contributed by atoms with van der Waals surface area (Å²) in [6, 6.07) is 11.0. The zero-order valence-electron chi connectivity index (χ0n) is 20.9. The van der Waals surface area contributed by atoms with Crippen LogP contribution in [0.1, 0.15) is 45.2 Å². The summed E-state index contributed by atoms with van der Waals surface area (Å²) in [6.45, 7) is 8.70. The molecule has 0 aliphatic rings. The molecule has 0 heterocycles. The predicted octanol–water partition coefficient (Wildman–Crippen LogP) is 4.79. The van der Waals surface area contributed by atoms with Crippen LogP contribution in [0.5, 0.6) is 0 Å². The Morgan fingerprint density at radius 1 is 1.06 bits per heavy atom. The second-order valence-electron chi connectivity index (χ2n) is 9.48. The first kappa shape index (κ1) is 28.9. The number of hydrogen-bond acceptors (Lipinski definition) is 4. The quantitative estimate of drug-likeness (QED) is 0.494. The Labute approximate surface area is 218 Å². The molecule has 192 valence electrons. The van der Waals surface area contributed by atoms with Crippen LogP contribution in [-0.2, 0) is 26.2 Å². The summed E-state index contributed by atoms with van der Waals surface area (Å²) < 4.78 is 26.3. The van der Waals surface area contributed by atoms with Crippen LogP contribution in [0.4, 0.5) is 5.69 Å². The van der Waals surface area contributed by atoms with Crippen molar-refractivity contribution in [2.75, 3.05) is 17.1 Å². The molecule has 0 bridgehead atoms. The first-order chi connectivity index (χ1) is 16.1. The summed E-state index contributed by atoms with van der Waals surface area (Å²) in [4.78, 5) is 28.2. The zero-order chi connectivity index (χ0) is 26.6. The van der Waals surface area contributed by atoms with Gasteiger partial charge in [0.25, 0.3) is 0 Å². The molecule has 0 saturated heterocycles. The fourth-order valence-electron chi connectivity index (χ4n) is 3.53. The largest absolute Gasteiger partial charge is 0.350 e. The molecule has 0 aliphatic heterocycles. The van der Waals surface area contributed by atoms with E-state index in [1.54, 1.807) is 50.2 Å². The van der Waals surface area contributed by atoms with Crippen molar-refractivity contribution in [3.05, 3.63) is 63.6 Å². The number of hydrogen-bond donors (Lipinski definition) is 1. The van der Waals surface area contributed by atoms with E-state index in [0.717, 1.165) is 16.1 Å². The summed E-state index contributed by atoms with van der Waals surface area (Å²) in [7, 11) is -3.84. The van der Waals surface area contributed by atoms with Gasteiger partial charge in [0.1, 0.15) is 12.6 Å². The maximum atomic E-state index is 13.7. The number of sulfonamides is 1. The first-order valence-electron chi connectivity index (χ1n) is 11.2. The topological polar surface area (TPSA) is 86.8 Å². The van der Waals surface area contributed by atoms with Gasteiger partial charge in [-0.2, -0.15) is 0 Å². The van der Waals surface area contributed by atoms with Crippen LogP contribution in [0.3, 0.4) is 0 Å². The highest BCUT2D eigenvalue weighted by atomic mass is 35.5. The predicted molar refractivity (Wildman–Crippen MR) is 142 cm³/mol. The normalized spacial score (nSPS) is 12.7. The van der Waals surface area contributed by atoms with Crippen molar-refractivity contribution >= 4 is 50.7 Å². The molecule has 0 saturated carbocycles. The van der Waals surface area contributed by atoms with Gasteiger partial charge >= 0.3 is 0 Å². The highest BCUT2D eigenvalue weighted by molar-refractivity contribution is 7.92. The van der Waals surface area contributed by atoms with E-state index < -0.39 is 34.1 Å². The van der Waals surface area contributed by atoms with E-state index in [2.05, 4.69) is 5.32 Å². The van der Waals surface area contributed by atoms with Crippen molar-refractivity contribution in [2.24, 2.45) is 0 Å². The molecule has 0 fully saturated rings. The molecule has 2 amide bonds. The third-order valence-corrected chi connectivity index (χ3v) is 7.22.